The molecule has 196 valence electrons. The highest BCUT2D eigenvalue weighted by Crippen LogP contribution is 2.76. The molecule has 0 radical (unpaired) electrons. The fourth-order valence-electron chi connectivity index (χ4n) is 11.1. The van der Waals surface area contributed by atoms with Gasteiger partial charge in [0.1, 0.15) is 6.10 Å². The van der Waals surface area contributed by atoms with Gasteiger partial charge in [0.15, 0.2) is 0 Å². The minimum Gasteiger partial charge on any atom is -0.462 e. The molecule has 35 heavy (non-hydrogen) atoms. The number of aliphatic hydroxyl groups excluding tert-OH is 1. The van der Waals surface area contributed by atoms with Gasteiger partial charge in [0.25, 0.3) is 0 Å². The van der Waals surface area contributed by atoms with Crippen LogP contribution in [0.4, 0.5) is 0 Å². The van der Waals surface area contributed by atoms with Crippen LogP contribution in [0, 0.1) is 50.7 Å². The Morgan fingerprint density at radius 3 is 2.34 bits per heavy atom. The second-order valence-corrected chi connectivity index (χ2v) is 14.7. The summed E-state index contributed by atoms with van der Waals surface area (Å²) in [5.74, 6) is 2.05. The molecule has 0 spiro atoms. The van der Waals surface area contributed by atoms with Crippen LogP contribution in [-0.2, 0) is 9.53 Å². The van der Waals surface area contributed by atoms with E-state index < -0.39 is 0 Å². The smallest absolute Gasteiger partial charge is 0.302 e. The largest absolute Gasteiger partial charge is 0.462 e. The number of ether oxygens (including phenoxy) is 1. The number of hydrogen-bond donors (Lipinski definition) is 1. The summed E-state index contributed by atoms with van der Waals surface area (Å²) in [5.41, 5.74) is 3.75. The molecule has 5 rings (SSSR count). The van der Waals surface area contributed by atoms with E-state index in [1.54, 1.807) is 12.5 Å². The van der Waals surface area contributed by atoms with Crippen molar-refractivity contribution in [2.24, 2.45) is 50.7 Å². The second kappa shape index (κ2) is 7.95. The number of hydrogen-bond acceptors (Lipinski definition) is 3. The van der Waals surface area contributed by atoms with E-state index in [4.69, 9.17) is 4.74 Å². The highest BCUT2D eigenvalue weighted by Gasteiger charge is 2.69. The first-order chi connectivity index (χ1) is 16.3. The Balaban J connectivity index is 1.55. The molecule has 4 fully saturated rings. The van der Waals surface area contributed by atoms with Gasteiger partial charge in [0, 0.05) is 24.4 Å². The molecule has 3 nitrogen and oxygen atoms in total. The van der Waals surface area contributed by atoms with Gasteiger partial charge in [-0.1, -0.05) is 58.4 Å². The SMILES string of the molecule is C=C(C)C1CCC2(CO)CCC3(C)C(=CCC4C5(C)CCC(OC(C)=O)C(C)(C)C5CCC43C)C12. The molecule has 5 aliphatic rings. The fourth-order valence-corrected chi connectivity index (χ4v) is 11.1. The summed E-state index contributed by atoms with van der Waals surface area (Å²) in [4.78, 5) is 11.9. The Kier molecular flexibility index (Phi) is 5.81. The molecule has 0 aromatic carbocycles. The number of esters is 1. The van der Waals surface area contributed by atoms with E-state index in [2.05, 4.69) is 54.2 Å². The van der Waals surface area contributed by atoms with Gasteiger partial charge in [-0.3, -0.25) is 4.79 Å². The molecule has 0 saturated heterocycles. The average molecular weight is 483 g/mol. The quantitative estimate of drug-likeness (QED) is 0.335. The first-order valence-corrected chi connectivity index (χ1v) is 14.4. The Bertz CT molecular complexity index is 946. The summed E-state index contributed by atoms with van der Waals surface area (Å²) in [7, 11) is 0. The van der Waals surface area contributed by atoms with Crippen LogP contribution in [0.2, 0.25) is 0 Å². The van der Waals surface area contributed by atoms with Crippen LogP contribution < -0.4 is 0 Å². The van der Waals surface area contributed by atoms with Crippen molar-refractivity contribution in [2.75, 3.05) is 6.61 Å². The Morgan fingerprint density at radius 1 is 1.00 bits per heavy atom. The zero-order valence-corrected chi connectivity index (χ0v) is 23.5. The highest BCUT2D eigenvalue weighted by atomic mass is 16.5. The van der Waals surface area contributed by atoms with Crippen LogP contribution in [0.3, 0.4) is 0 Å². The van der Waals surface area contributed by atoms with Crippen LogP contribution >= 0.6 is 0 Å². The van der Waals surface area contributed by atoms with Gasteiger partial charge in [-0.15, -0.1) is 0 Å². The fraction of sp³-hybridized carbons (Fsp3) is 0.844. The van der Waals surface area contributed by atoms with Crippen molar-refractivity contribution >= 4 is 5.97 Å². The van der Waals surface area contributed by atoms with E-state index in [-0.39, 0.29) is 39.1 Å². The number of carbonyl (C=O) groups is 1. The molecule has 0 amide bonds. The van der Waals surface area contributed by atoms with Gasteiger partial charge in [-0.25, -0.2) is 0 Å². The lowest BCUT2D eigenvalue weighted by atomic mass is 9.34. The Morgan fingerprint density at radius 2 is 1.71 bits per heavy atom. The monoisotopic (exact) mass is 482 g/mol. The molecule has 0 aromatic rings. The van der Waals surface area contributed by atoms with Gasteiger partial charge in [0.2, 0.25) is 0 Å². The van der Waals surface area contributed by atoms with Gasteiger partial charge >= 0.3 is 5.97 Å². The molecule has 3 heteroatoms. The normalized spacial score (nSPS) is 50.2. The van der Waals surface area contributed by atoms with Crippen molar-refractivity contribution < 1.29 is 14.6 Å². The summed E-state index contributed by atoms with van der Waals surface area (Å²) in [6.07, 6.45) is 13.1. The van der Waals surface area contributed by atoms with E-state index in [0.717, 1.165) is 32.1 Å². The zero-order chi connectivity index (χ0) is 25.6. The maximum atomic E-state index is 11.9. The molecule has 0 heterocycles. The van der Waals surface area contributed by atoms with E-state index in [1.165, 1.54) is 31.3 Å². The molecular weight excluding hydrogens is 432 g/mol. The standard InChI is InChI=1S/C32H50O3/c1-20(2)22-11-16-32(19-33)18-17-30(7)23(27(22)32)9-10-25-29(6)14-13-26(35-21(3)34)28(4,5)24(29)12-15-31(25,30)8/h9,22,24-27,33H,1,10-19H2,2-8H3. The van der Waals surface area contributed by atoms with Gasteiger partial charge in [-0.05, 0) is 105 Å². The summed E-state index contributed by atoms with van der Waals surface area (Å²) in [6, 6.07) is 0. The number of fused-ring (bicyclic) bond motifs is 7. The van der Waals surface area contributed by atoms with Crippen molar-refractivity contribution in [3.8, 4) is 0 Å². The predicted octanol–water partition coefficient (Wildman–Crippen LogP) is 7.49. The third-order valence-electron chi connectivity index (χ3n) is 13.2. The molecule has 4 saturated carbocycles. The van der Waals surface area contributed by atoms with Crippen LogP contribution in [0.25, 0.3) is 0 Å². The molecular formula is C32H50O3. The second-order valence-electron chi connectivity index (χ2n) is 14.7. The zero-order valence-electron chi connectivity index (χ0n) is 23.5. The third kappa shape index (κ3) is 3.21. The minimum atomic E-state index is -0.136. The first-order valence-electron chi connectivity index (χ1n) is 14.4. The summed E-state index contributed by atoms with van der Waals surface area (Å²) in [5, 5.41) is 10.7. The van der Waals surface area contributed by atoms with Gasteiger partial charge in [-0.2, -0.15) is 0 Å². The lowest BCUT2D eigenvalue weighted by molar-refractivity contribution is -0.211. The van der Waals surface area contributed by atoms with E-state index in [0.29, 0.717) is 30.3 Å². The van der Waals surface area contributed by atoms with Gasteiger partial charge < -0.3 is 9.84 Å². The molecule has 9 unspecified atom stereocenters. The summed E-state index contributed by atoms with van der Waals surface area (Å²) < 4.78 is 5.89. The third-order valence-corrected chi connectivity index (χ3v) is 13.2. The van der Waals surface area contributed by atoms with Crippen molar-refractivity contribution in [3.05, 3.63) is 23.8 Å². The Hall–Kier alpha value is -1.09. The highest BCUT2D eigenvalue weighted by molar-refractivity contribution is 5.66. The van der Waals surface area contributed by atoms with Crippen molar-refractivity contribution in [1.82, 2.24) is 0 Å². The lowest BCUT2D eigenvalue weighted by Gasteiger charge is -2.70. The van der Waals surface area contributed by atoms with Crippen LogP contribution in [0.5, 0.6) is 0 Å². The van der Waals surface area contributed by atoms with Crippen molar-refractivity contribution in [3.63, 3.8) is 0 Å². The van der Waals surface area contributed by atoms with E-state index in [1.807, 2.05) is 0 Å². The summed E-state index contributed by atoms with van der Waals surface area (Å²) >= 11 is 0. The maximum Gasteiger partial charge on any atom is 0.302 e. The lowest BCUT2D eigenvalue weighted by Crippen LogP contribution is -2.64. The van der Waals surface area contributed by atoms with Gasteiger partial charge in [0.05, 0.1) is 0 Å². The minimum absolute atomic E-state index is 0.00000338. The number of rotatable bonds is 3. The molecule has 1 N–H and O–H groups in total. The molecule has 5 aliphatic carbocycles. The summed E-state index contributed by atoms with van der Waals surface area (Å²) in [6.45, 7) is 21.1. The van der Waals surface area contributed by atoms with E-state index >= 15 is 0 Å². The van der Waals surface area contributed by atoms with E-state index in [9.17, 15) is 9.90 Å². The maximum absolute atomic E-state index is 11.9. The van der Waals surface area contributed by atoms with Crippen molar-refractivity contribution in [2.45, 2.75) is 112 Å². The molecule has 0 aromatic heterocycles. The van der Waals surface area contributed by atoms with Crippen LogP contribution in [0.15, 0.2) is 23.8 Å². The number of carbonyl (C=O) groups excluding carboxylic acids is 1. The topological polar surface area (TPSA) is 46.5 Å². The number of allylic oxidation sites excluding steroid dienone is 3. The molecule has 0 aliphatic heterocycles. The predicted molar refractivity (Wildman–Crippen MR) is 142 cm³/mol. The molecule has 9 atom stereocenters. The first kappa shape index (κ1) is 25.6. The van der Waals surface area contributed by atoms with Crippen LogP contribution in [0.1, 0.15) is 106 Å². The van der Waals surface area contributed by atoms with Crippen molar-refractivity contribution in [1.29, 1.82) is 0 Å². The molecule has 0 bridgehead atoms. The van der Waals surface area contributed by atoms with Crippen LogP contribution in [-0.4, -0.2) is 23.8 Å². The average Bonchev–Trinajstić information content (AvgIpc) is 3.16. The number of aliphatic hydroxyl groups is 1. The Labute approximate surface area is 214 Å².